The molecular weight excluding hydrogens is 434 g/mol. The van der Waals surface area contributed by atoms with Crippen molar-refractivity contribution in [3.63, 3.8) is 0 Å². The Morgan fingerprint density at radius 1 is 1.26 bits per heavy atom. The quantitative estimate of drug-likeness (QED) is 0.302. The molecule has 1 aromatic carbocycles. The van der Waals surface area contributed by atoms with Crippen LogP contribution in [0.25, 0.3) is 11.8 Å². The smallest absolute Gasteiger partial charge is 0.341 e. The predicted octanol–water partition coefficient (Wildman–Crippen LogP) is 5.53. The van der Waals surface area contributed by atoms with Crippen molar-refractivity contribution in [3.05, 3.63) is 74.9 Å². The zero-order valence-corrected chi connectivity index (χ0v) is 18.8. The van der Waals surface area contributed by atoms with E-state index >= 15 is 0 Å². The van der Waals surface area contributed by atoms with Crippen molar-refractivity contribution in [3.8, 4) is 11.8 Å². The van der Waals surface area contributed by atoms with Crippen LogP contribution in [0.4, 0.5) is 5.00 Å². The van der Waals surface area contributed by atoms with E-state index in [1.807, 2.05) is 42.0 Å². The molecule has 0 unspecified atom stereocenters. The van der Waals surface area contributed by atoms with E-state index in [0.717, 1.165) is 16.1 Å². The fourth-order valence-corrected chi connectivity index (χ4v) is 4.15. The lowest BCUT2D eigenvalue weighted by atomic mass is 10.1. The van der Waals surface area contributed by atoms with Crippen LogP contribution in [0.5, 0.6) is 0 Å². The van der Waals surface area contributed by atoms with Crippen molar-refractivity contribution < 1.29 is 14.3 Å². The van der Waals surface area contributed by atoms with Crippen LogP contribution in [0.3, 0.4) is 0 Å². The second-order valence-electron chi connectivity index (χ2n) is 6.61. The Kier molecular flexibility index (Phi) is 6.95. The molecule has 0 atom stereocenters. The van der Waals surface area contributed by atoms with Crippen molar-refractivity contribution in [1.29, 1.82) is 5.26 Å². The number of aromatic nitrogens is 1. The second kappa shape index (κ2) is 9.65. The van der Waals surface area contributed by atoms with E-state index in [4.69, 9.17) is 16.3 Å². The first-order valence-electron chi connectivity index (χ1n) is 9.49. The number of amides is 1. The second-order valence-corrected chi connectivity index (χ2v) is 8.27. The van der Waals surface area contributed by atoms with Crippen molar-refractivity contribution in [2.24, 2.45) is 0 Å². The van der Waals surface area contributed by atoms with Gasteiger partial charge in [0.1, 0.15) is 16.6 Å². The molecule has 0 aliphatic heterocycles. The summed E-state index contributed by atoms with van der Waals surface area (Å²) >= 11 is 7.23. The first-order chi connectivity index (χ1) is 14.8. The number of ether oxygens (including phenoxy) is 1. The van der Waals surface area contributed by atoms with Crippen molar-refractivity contribution in [1.82, 2.24) is 4.57 Å². The predicted molar refractivity (Wildman–Crippen MR) is 123 cm³/mol. The first kappa shape index (κ1) is 22.3. The Morgan fingerprint density at radius 3 is 2.61 bits per heavy atom. The van der Waals surface area contributed by atoms with Gasteiger partial charge in [-0.1, -0.05) is 11.6 Å². The fraction of sp³-hybridized carbons (Fsp3) is 0.174. The van der Waals surface area contributed by atoms with Gasteiger partial charge in [0, 0.05) is 27.5 Å². The van der Waals surface area contributed by atoms with E-state index in [1.54, 1.807) is 32.0 Å². The number of carbonyl (C=O) groups is 2. The van der Waals surface area contributed by atoms with E-state index in [2.05, 4.69) is 5.32 Å². The Morgan fingerprint density at radius 2 is 1.97 bits per heavy atom. The minimum atomic E-state index is -0.599. The molecule has 0 aliphatic carbocycles. The minimum absolute atomic E-state index is 0.0903. The van der Waals surface area contributed by atoms with Crippen molar-refractivity contribution >= 4 is 45.9 Å². The molecular formula is C23H20ClN3O3S. The fourth-order valence-electron chi connectivity index (χ4n) is 2.98. The lowest BCUT2D eigenvalue weighted by Gasteiger charge is -2.08. The molecule has 2 heterocycles. The summed E-state index contributed by atoms with van der Waals surface area (Å²) in [5.74, 6) is -1.10. The van der Waals surface area contributed by atoms with Crippen LogP contribution in [0.1, 0.15) is 33.4 Å². The molecule has 0 radical (unpaired) electrons. The highest BCUT2D eigenvalue weighted by molar-refractivity contribution is 7.16. The Balaban J connectivity index is 1.91. The van der Waals surface area contributed by atoms with Gasteiger partial charge in [-0.05, 0) is 68.8 Å². The molecule has 31 heavy (non-hydrogen) atoms. The van der Waals surface area contributed by atoms with E-state index < -0.39 is 11.9 Å². The van der Waals surface area contributed by atoms with Crippen LogP contribution >= 0.6 is 22.9 Å². The van der Waals surface area contributed by atoms with Crippen LogP contribution in [0, 0.1) is 25.2 Å². The van der Waals surface area contributed by atoms with Crippen molar-refractivity contribution in [2.45, 2.75) is 20.8 Å². The van der Waals surface area contributed by atoms with Gasteiger partial charge in [-0.25, -0.2) is 4.79 Å². The molecule has 0 saturated heterocycles. The molecule has 2 aromatic heterocycles. The molecule has 0 spiro atoms. The summed E-state index contributed by atoms with van der Waals surface area (Å²) in [6, 6.07) is 12.8. The number of hydrogen-bond acceptors (Lipinski definition) is 5. The number of benzene rings is 1. The van der Waals surface area contributed by atoms with E-state index in [1.165, 1.54) is 17.4 Å². The largest absolute Gasteiger partial charge is 0.462 e. The summed E-state index contributed by atoms with van der Waals surface area (Å²) in [6.45, 7) is 5.61. The first-order valence-corrected chi connectivity index (χ1v) is 10.7. The average molecular weight is 454 g/mol. The molecule has 8 heteroatoms. The number of anilines is 1. The number of thiophene rings is 1. The van der Waals surface area contributed by atoms with Gasteiger partial charge in [-0.15, -0.1) is 11.3 Å². The molecule has 3 aromatic rings. The molecule has 3 rings (SSSR count). The van der Waals surface area contributed by atoms with Gasteiger partial charge in [0.15, 0.2) is 0 Å². The molecule has 0 saturated carbocycles. The SMILES string of the molecule is CCOC(=O)c1c(NC(=O)/C(C#N)=C/c2cccn2-c2ccc(Cl)cc2)sc(C)c1C. The summed E-state index contributed by atoms with van der Waals surface area (Å²) in [5.41, 5.74) is 2.47. The number of halogens is 1. The molecule has 158 valence electrons. The maximum Gasteiger partial charge on any atom is 0.341 e. The number of aryl methyl sites for hydroxylation is 1. The van der Waals surface area contributed by atoms with Crippen molar-refractivity contribution in [2.75, 3.05) is 11.9 Å². The number of carbonyl (C=O) groups excluding carboxylic acids is 2. The van der Waals surface area contributed by atoms with Crippen LogP contribution in [0.15, 0.2) is 48.2 Å². The molecule has 1 amide bonds. The summed E-state index contributed by atoms with van der Waals surface area (Å²) in [5, 5.41) is 13.3. The summed E-state index contributed by atoms with van der Waals surface area (Å²) in [7, 11) is 0. The molecule has 0 fully saturated rings. The Labute approximate surface area is 189 Å². The number of esters is 1. The zero-order chi connectivity index (χ0) is 22.5. The van der Waals surface area contributed by atoms with E-state index in [-0.39, 0.29) is 12.2 Å². The van der Waals surface area contributed by atoms with Crippen LogP contribution in [-0.4, -0.2) is 23.1 Å². The number of nitriles is 1. The molecule has 0 bridgehead atoms. The number of rotatable bonds is 6. The van der Waals surface area contributed by atoms with Crippen LogP contribution in [0.2, 0.25) is 5.02 Å². The Hall–Kier alpha value is -3.34. The minimum Gasteiger partial charge on any atom is -0.462 e. The van der Waals surface area contributed by atoms with E-state index in [0.29, 0.717) is 21.3 Å². The van der Waals surface area contributed by atoms with Gasteiger partial charge in [0.2, 0.25) is 0 Å². The number of nitrogens with zero attached hydrogens (tertiary/aromatic N) is 2. The maximum absolute atomic E-state index is 12.8. The van der Waals surface area contributed by atoms with Crippen LogP contribution < -0.4 is 5.32 Å². The lowest BCUT2D eigenvalue weighted by molar-refractivity contribution is -0.112. The van der Waals surface area contributed by atoms with Gasteiger partial charge in [0.05, 0.1) is 12.2 Å². The van der Waals surface area contributed by atoms with Gasteiger partial charge in [-0.3, -0.25) is 4.79 Å². The third-order valence-electron chi connectivity index (χ3n) is 4.63. The standard InChI is InChI=1S/C23H20ClN3O3S/c1-4-30-23(29)20-14(2)15(3)31-22(20)26-21(28)16(13-25)12-19-6-5-11-27(19)18-9-7-17(24)8-10-18/h5-12H,4H2,1-3H3,(H,26,28)/b16-12+. The van der Waals surface area contributed by atoms with E-state index in [9.17, 15) is 14.9 Å². The summed E-state index contributed by atoms with van der Waals surface area (Å²) < 4.78 is 6.95. The molecule has 0 aliphatic rings. The zero-order valence-electron chi connectivity index (χ0n) is 17.2. The highest BCUT2D eigenvalue weighted by Gasteiger charge is 2.23. The Bertz CT molecular complexity index is 1200. The third kappa shape index (κ3) is 4.88. The van der Waals surface area contributed by atoms with Crippen LogP contribution in [-0.2, 0) is 9.53 Å². The lowest BCUT2D eigenvalue weighted by Crippen LogP contribution is -2.16. The van der Waals surface area contributed by atoms with Gasteiger partial charge in [0.25, 0.3) is 5.91 Å². The molecule has 6 nitrogen and oxygen atoms in total. The topological polar surface area (TPSA) is 84.1 Å². The average Bonchev–Trinajstić information content (AvgIpc) is 3.31. The summed E-state index contributed by atoms with van der Waals surface area (Å²) in [6.07, 6.45) is 3.33. The van der Waals surface area contributed by atoms with Gasteiger partial charge in [-0.2, -0.15) is 5.26 Å². The van der Waals surface area contributed by atoms with Gasteiger partial charge >= 0.3 is 5.97 Å². The third-order valence-corrected chi connectivity index (χ3v) is 6.01. The molecule has 1 N–H and O–H groups in total. The monoisotopic (exact) mass is 453 g/mol. The highest BCUT2D eigenvalue weighted by atomic mass is 35.5. The normalized spacial score (nSPS) is 11.1. The number of hydrogen-bond donors (Lipinski definition) is 1. The van der Waals surface area contributed by atoms with Gasteiger partial charge < -0.3 is 14.6 Å². The summed E-state index contributed by atoms with van der Waals surface area (Å²) in [4.78, 5) is 26.1. The number of nitrogens with one attached hydrogen (secondary N) is 1. The maximum atomic E-state index is 12.8. The highest BCUT2D eigenvalue weighted by Crippen LogP contribution is 2.33.